The molecule has 0 spiro atoms. The lowest BCUT2D eigenvalue weighted by molar-refractivity contribution is 0.313. The molecule has 2 atom stereocenters. The van der Waals surface area contributed by atoms with Crippen molar-refractivity contribution in [1.82, 2.24) is 5.32 Å². The summed E-state index contributed by atoms with van der Waals surface area (Å²) in [6.07, 6.45) is 0.420. The molecular weight excluding hydrogens is 396 g/mol. The van der Waals surface area contributed by atoms with E-state index in [1.54, 1.807) is 6.07 Å². The van der Waals surface area contributed by atoms with Crippen LogP contribution in [-0.4, -0.2) is 17.4 Å². The highest BCUT2D eigenvalue weighted by molar-refractivity contribution is 6.30. The van der Waals surface area contributed by atoms with Crippen LogP contribution in [0.25, 0.3) is 0 Å². The van der Waals surface area contributed by atoms with Crippen LogP contribution in [0.2, 0.25) is 5.02 Å². The van der Waals surface area contributed by atoms with Crippen molar-refractivity contribution >= 4 is 17.3 Å². The number of phenols is 1. The molecule has 30 heavy (non-hydrogen) atoms. The summed E-state index contributed by atoms with van der Waals surface area (Å²) in [4.78, 5) is 5.00. The number of hydrogen-bond donors (Lipinski definition) is 2. The van der Waals surface area contributed by atoms with Crippen molar-refractivity contribution in [2.45, 2.75) is 32.5 Å². The Labute approximate surface area is 182 Å². The van der Waals surface area contributed by atoms with Gasteiger partial charge in [0.1, 0.15) is 6.17 Å². The van der Waals surface area contributed by atoms with Crippen molar-refractivity contribution in [3.8, 4) is 11.5 Å². The van der Waals surface area contributed by atoms with Crippen molar-refractivity contribution in [1.29, 1.82) is 0 Å². The maximum absolute atomic E-state index is 10.8. The van der Waals surface area contributed by atoms with Gasteiger partial charge in [-0.2, -0.15) is 0 Å². The van der Waals surface area contributed by atoms with E-state index < -0.39 is 0 Å². The van der Waals surface area contributed by atoms with Gasteiger partial charge in [0.05, 0.1) is 6.61 Å². The summed E-state index contributed by atoms with van der Waals surface area (Å²) in [6, 6.07) is 21.6. The predicted octanol–water partition coefficient (Wildman–Crippen LogP) is 5.98. The number of ether oxygens (including phenoxy) is 1. The topological polar surface area (TPSA) is 53.8 Å². The smallest absolute Gasteiger partial charge is 0.162 e. The Bertz CT molecular complexity index is 1050. The fraction of sp³-hybridized carbons (Fsp3) is 0.240. The number of halogens is 1. The van der Waals surface area contributed by atoms with Gasteiger partial charge in [0.25, 0.3) is 0 Å². The largest absolute Gasteiger partial charge is 0.504 e. The van der Waals surface area contributed by atoms with Gasteiger partial charge in [0, 0.05) is 28.8 Å². The van der Waals surface area contributed by atoms with Gasteiger partial charge in [0.2, 0.25) is 0 Å². The summed E-state index contributed by atoms with van der Waals surface area (Å²) >= 11 is 6.08. The number of nitrogens with zero attached hydrogens (tertiary/aromatic N) is 1. The third kappa shape index (κ3) is 4.35. The molecular formula is C25H25ClN2O2. The Morgan fingerprint density at radius 1 is 1.07 bits per heavy atom. The number of para-hydroxylation sites is 1. The second kappa shape index (κ2) is 8.90. The molecule has 2 N–H and O–H groups in total. The summed E-state index contributed by atoms with van der Waals surface area (Å²) in [7, 11) is 0. The standard InChI is InChI=1S/C25H25ClN2O2/c1-3-30-23-6-4-5-20(24(23)29)22-15-21(17-9-7-16(2)8-10-17)27-25(28-22)18-11-13-19(26)14-12-18/h4-14,22,25,28-29H,3,15H2,1-2H3/t22-,25-/m0/s1. The van der Waals surface area contributed by atoms with Crippen LogP contribution in [-0.2, 0) is 0 Å². The Hall–Kier alpha value is -2.82. The second-order valence-electron chi connectivity index (χ2n) is 7.45. The monoisotopic (exact) mass is 420 g/mol. The highest BCUT2D eigenvalue weighted by Gasteiger charge is 2.28. The van der Waals surface area contributed by atoms with Gasteiger partial charge in [-0.25, -0.2) is 0 Å². The molecule has 0 saturated carbocycles. The predicted molar refractivity (Wildman–Crippen MR) is 122 cm³/mol. The summed E-state index contributed by atoms with van der Waals surface area (Å²) in [5.41, 5.74) is 5.13. The molecule has 0 saturated heterocycles. The van der Waals surface area contributed by atoms with Crippen molar-refractivity contribution in [2.24, 2.45) is 4.99 Å². The Morgan fingerprint density at radius 2 is 1.80 bits per heavy atom. The van der Waals surface area contributed by atoms with E-state index in [1.165, 1.54) is 5.56 Å². The molecule has 0 amide bonds. The molecule has 1 heterocycles. The highest BCUT2D eigenvalue weighted by atomic mass is 35.5. The zero-order valence-electron chi connectivity index (χ0n) is 17.1. The van der Waals surface area contributed by atoms with Gasteiger partial charge in [-0.1, -0.05) is 65.7 Å². The van der Waals surface area contributed by atoms with E-state index in [-0.39, 0.29) is 18.0 Å². The van der Waals surface area contributed by atoms with Crippen LogP contribution in [0.4, 0.5) is 0 Å². The summed E-state index contributed by atoms with van der Waals surface area (Å²) < 4.78 is 5.59. The molecule has 1 aliphatic rings. The quantitative estimate of drug-likeness (QED) is 0.534. The molecule has 0 aliphatic carbocycles. The number of rotatable bonds is 5. The van der Waals surface area contributed by atoms with E-state index >= 15 is 0 Å². The summed E-state index contributed by atoms with van der Waals surface area (Å²) in [6.45, 7) is 4.48. The number of benzene rings is 3. The zero-order valence-corrected chi connectivity index (χ0v) is 17.9. The van der Waals surface area contributed by atoms with Crippen LogP contribution in [0.15, 0.2) is 71.7 Å². The first kappa shape index (κ1) is 20.5. The molecule has 4 rings (SSSR count). The lowest BCUT2D eigenvalue weighted by atomic mass is 9.93. The Morgan fingerprint density at radius 3 is 2.50 bits per heavy atom. The fourth-order valence-corrected chi connectivity index (χ4v) is 3.86. The first-order valence-electron chi connectivity index (χ1n) is 10.1. The van der Waals surface area contributed by atoms with Gasteiger partial charge >= 0.3 is 0 Å². The fourth-order valence-electron chi connectivity index (χ4n) is 3.74. The molecule has 1 aliphatic heterocycles. The molecule has 0 fully saturated rings. The van der Waals surface area contributed by atoms with E-state index in [4.69, 9.17) is 21.3 Å². The highest BCUT2D eigenvalue weighted by Crippen LogP contribution is 2.39. The Kier molecular flexibility index (Phi) is 6.07. The molecule has 3 aromatic rings. The zero-order chi connectivity index (χ0) is 21.1. The van der Waals surface area contributed by atoms with E-state index in [1.807, 2.05) is 43.3 Å². The molecule has 0 unspecified atom stereocenters. The number of hydrogen-bond acceptors (Lipinski definition) is 4. The maximum atomic E-state index is 10.8. The van der Waals surface area contributed by atoms with E-state index in [9.17, 15) is 5.11 Å². The average Bonchev–Trinajstić information content (AvgIpc) is 2.76. The number of phenolic OH excluding ortho intramolecular Hbond substituents is 1. The molecule has 4 nitrogen and oxygen atoms in total. The van der Waals surface area contributed by atoms with E-state index in [0.29, 0.717) is 23.8 Å². The maximum Gasteiger partial charge on any atom is 0.162 e. The summed E-state index contributed by atoms with van der Waals surface area (Å²) in [5.74, 6) is 0.677. The SMILES string of the molecule is CCOc1cccc([C@@H]2CC(c3ccc(C)cc3)=N[C@H](c3ccc(Cl)cc3)N2)c1O. The first-order valence-corrected chi connectivity index (χ1v) is 10.5. The number of aliphatic imine (C=N–C) groups is 1. The van der Waals surface area contributed by atoms with Crippen molar-refractivity contribution < 1.29 is 9.84 Å². The van der Waals surface area contributed by atoms with Gasteiger partial charge < -0.3 is 9.84 Å². The van der Waals surface area contributed by atoms with Crippen LogP contribution < -0.4 is 10.1 Å². The molecule has 5 heteroatoms. The van der Waals surface area contributed by atoms with Gasteiger partial charge in [-0.15, -0.1) is 0 Å². The molecule has 0 bridgehead atoms. The minimum atomic E-state index is -0.243. The van der Waals surface area contributed by atoms with Crippen LogP contribution >= 0.6 is 11.6 Å². The second-order valence-corrected chi connectivity index (χ2v) is 7.88. The number of nitrogens with one attached hydrogen (secondary N) is 1. The van der Waals surface area contributed by atoms with Gasteiger partial charge in [-0.05, 0) is 43.2 Å². The summed E-state index contributed by atoms with van der Waals surface area (Å²) in [5, 5.41) is 15.1. The van der Waals surface area contributed by atoms with Crippen molar-refractivity contribution in [3.05, 3.63) is 94.0 Å². The lowest BCUT2D eigenvalue weighted by Gasteiger charge is -2.31. The Balaban J connectivity index is 1.74. The minimum absolute atomic E-state index is 0.111. The third-order valence-corrected chi connectivity index (χ3v) is 5.57. The average molecular weight is 421 g/mol. The van der Waals surface area contributed by atoms with Crippen molar-refractivity contribution in [2.75, 3.05) is 6.61 Å². The molecule has 3 aromatic carbocycles. The number of aromatic hydroxyl groups is 1. The van der Waals surface area contributed by atoms with Crippen LogP contribution in [0.5, 0.6) is 11.5 Å². The van der Waals surface area contributed by atoms with Crippen LogP contribution in [0.1, 0.15) is 47.8 Å². The number of aryl methyl sites for hydroxylation is 1. The van der Waals surface area contributed by atoms with E-state index in [0.717, 1.165) is 22.4 Å². The van der Waals surface area contributed by atoms with Gasteiger partial charge in [-0.3, -0.25) is 10.3 Å². The normalized spacial score (nSPS) is 18.7. The molecule has 0 aromatic heterocycles. The van der Waals surface area contributed by atoms with Gasteiger partial charge in [0.15, 0.2) is 11.5 Å². The van der Waals surface area contributed by atoms with Crippen molar-refractivity contribution in [3.63, 3.8) is 0 Å². The van der Waals surface area contributed by atoms with Crippen LogP contribution in [0, 0.1) is 6.92 Å². The molecule has 154 valence electrons. The molecule has 0 radical (unpaired) electrons. The lowest BCUT2D eigenvalue weighted by Crippen LogP contribution is -2.33. The minimum Gasteiger partial charge on any atom is -0.504 e. The van der Waals surface area contributed by atoms with E-state index in [2.05, 4.69) is 36.5 Å². The first-order chi connectivity index (χ1) is 14.5. The van der Waals surface area contributed by atoms with Crippen LogP contribution in [0.3, 0.4) is 0 Å². The third-order valence-electron chi connectivity index (χ3n) is 5.32.